The van der Waals surface area contributed by atoms with Crippen LogP contribution in [0.15, 0.2) is 53.4 Å². The largest absolute Gasteiger partial charge is 0.493 e. The number of carbonyl (C=O) groups is 1. The molecular weight excluding hydrogens is 578 g/mol. The molecular formula is C30H37N3O9S. The monoisotopic (exact) mass is 615 g/mol. The van der Waals surface area contributed by atoms with Crippen LogP contribution >= 0.6 is 0 Å². The lowest BCUT2D eigenvalue weighted by Gasteiger charge is -2.24. The van der Waals surface area contributed by atoms with Crippen molar-refractivity contribution in [1.82, 2.24) is 5.32 Å². The molecule has 3 aromatic carbocycles. The first-order valence-electron chi connectivity index (χ1n) is 13.6. The first kappa shape index (κ1) is 31.7. The van der Waals surface area contributed by atoms with Gasteiger partial charge in [0, 0.05) is 30.3 Å². The van der Waals surface area contributed by atoms with E-state index in [-0.39, 0.29) is 47.6 Å². The molecule has 0 fully saturated rings. The van der Waals surface area contributed by atoms with E-state index in [1.165, 1.54) is 38.5 Å². The van der Waals surface area contributed by atoms with E-state index >= 15 is 0 Å². The van der Waals surface area contributed by atoms with E-state index in [0.29, 0.717) is 47.9 Å². The summed E-state index contributed by atoms with van der Waals surface area (Å²) in [5, 5.41) is 16.7. The third-order valence-electron chi connectivity index (χ3n) is 6.88. The molecule has 12 nitrogen and oxygen atoms in total. The van der Waals surface area contributed by atoms with Crippen molar-refractivity contribution in [2.45, 2.75) is 30.3 Å². The van der Waals surface area contributed by atoms with Crippen LogP contribution in [0.25, 0.3) is 0 Å². The van der Waals surface area contributed by atoms with Gasteiger partial charge in [-0.2, -0.15) is 0 Å². The second-order valence-electron chi connectivity index (χ2n) is 9.75. The Morgan fingerprint density at radius 1 is 0.884 bits per heavy atom. The van der Waals surface area contributed by atoms with Gasteiger partial charge in [-0.3, -0.25) is 9.52 Å². The van der Waals surface area contributed by atoms with Crippen LogP contribution in [-0.4, -0.2) is 73.7 Å². The molecule has 1 unspecified atom stereocenters. The van der Waals surface area contributed by atoms with Gasteiger partial charge in [0.25, 0.3) is 10.0 Å². The predicted octanol–water partition coefficient (Wildman–Crippen LogP) is 2.98. The average Bonchev–Trinajstić information content (AvgIpc) is 3.01. The molecule has 1 aliphatic rings. The number of rotatable bonds is 15. The highest BCUT2D eigenvalue weighted by atomic mass is 32.2. The predicted molar refractivity (Wildman–Crippen MR) is 161 cm³/mol. The molecule has 1 atom stereocenters. The molecule has 13 heteroatoms. The number of methoxy groups -OCH3 is 4. The van der Waals surface area contributed by atoms with Crippen molar-refractivity contribution in [3.05, 3.63) is 59.7 Å². The molecule has 232 valence electrons. The summed E-state index contributed by atoms with van der Waals surface area (Å²) in [7, 11) is 1.98. The Labute approximate surface area is 251 Å². The van der Waals surface area contributed by atoms with Crippen LogP contribution in [0.3, 0.4) is 0 Å². The average molecular weight is 616 g/mol. The summed E-state index contributed by atoms with van der Waals surface area (Å²) >= 11 is 0. The molecule has 0 saturated heterocycles. The van der Waals surface area contributed by atoms with Gasteiger partial charge in [0.1, 0.15) is 18.5 Å². The summed E-state index contributed by atoms with van der Waals surface area (Å²) in [4.78, 5) is 11.9. The number of sulfonamides is 1. The van der Waals surface area contributed by atoms with Gasteiger partial charge in [-0.15, -0.1) is 0 Å². The van der Waals surface area contributed by atoms with E-state index in [0.717, 1.165) is 5.56 Å². The van der Waals surface area contributed by atoms with Crippen LogP contribution in [0.1, 0.15) is 17.5 Å². The van der Waals surface area contributed by atoms with E-state index in [1.54, 1.807) is 20.3 Å². The Kier molecular flexibility index (Phi) is 10.6. The minimum absolute atomic E-state index is 0.0409. The fraction of sp³-hybridized carbons (Fsp3) is 0.367. The summed E-state index contributed by atoms with van der Waals surface area (Å²) in [6, 6.07) is 13.1. The maximum Gasteiger partial charge on any atom is 0.262 e. The third kappa shape index (κ3) is 7.80. The smallest absolute Gasteiger partial charge is 0.262 e. The fourth-order valence-corrected chi connectivity index (χ4v) is 5.73. The van der Waals surface area contributed by atoms with Gasteiger partial charge in [0.2, 0.25) is 5.91 Å². The summed E-state index contributed by atoms with van der Waals surface area (Å²) in [6.07, 6.45) is 0.370. The lowest BCUT2D eigenvalue weighted by Crippen LogP contribution is -2.33. The highest BCUT2D eigenvalue weighted by molar-refractivity contribution is 7.92. The first-order chi connectivity index (χ1) is 20.7. The minimum Gasteiger partial charge on any atom is -0.493 e. The molecule has 4 N–H and O–H groups in total. The first-order valence-corrected chi connectivity index (χ1v) is 15.1. The topological polar surface area (TPSA) is 154 Å². The molecule has 4 rings (SSSR count). The van der Waals surface area contributed by atoms with Crippen molar-refractivity contribution in [2.75, 3.05) is 58.2 Å². The van der Waals surface area contributed by atoms with E-state index < -0.39 is 16.1 Å². The number of anilines is 2. The van der Waals surface area contributed by atoms with Gasteiger partial charge in [0.15, 0.2) is 23.0 Å². The Morgan fingerprint density at radius 2 is 1.56 bits per heavy atom. The standard InChI is InChI=1S/C30H37N3O9S/c1-38-25-10-5-19(15-27(25)40-3)13-14-31-17-20(34)18-42-30-22-7-12-29(35)32-23(22)8-9-24(30)33-43(36,37)21-6-11-26(39-2)28(16-21)41-4/h5-6,8-11,15-16,20,31,33-34H,7,12-14,17-18H2,1-4H3,(H,32,35). The fourth-order valence-electron chi connectivity index (χ4n) is 4.65. The Hall–Kier alpha value is -4.20. The van der Waals surface area contributed by atoms with E-state index in [4.69, 9.17) is 23.7 Å². The van der Waals surface area contributed by atoms with Crippen LogP contribution in [0.5, 0.6) is 28.7 Å². The number of benzene rings is 3. The van der Waals surface area contributed by atoms with Crippen molar-refractivity contribution >= 4 is 27.3 Å². The van der Waals surface area contributed by atoms with E-state index in [2.05, 4.69) is 15.4 Å². The SMILES string of the molecule is COc1ccc(CCNCC(O)COc2c(NS(=O)(=O)c3ccc(OC)c(OC)c3)ccc3c2CCC(=O)N3)cc1OC. The zero-order valence-corrected chi connectivity index (χ0v) is 25.4. The maximum absolute atomic E-state index is 13.3. The zero-order chi connectivity index (χ0) is 31.0. The number of aliphatic hydroxyl groups excluding tert-OH is 1. The summed E-state index contributed by atoms with van der Waals surface area (Å²) in [5.41, 5.74) is 2.39. The lowest BCUT2D eigenvalue weighted by molar-refractivity contribution is -0.116. The van der Waals surface area contributed by atoms with Crippen molar-refractivity contribution in [3.8, 4) is 28.7 Å². The third-order valence-corrected chi connectivity index (χ3v) is 8.25. The van der Waals surface area contributed by atoms with Crippen LogP contribution in [0.2, 0.25) is 0 Å². The van der Waals surface area contributed by atoms with Crippen LogP contribution in [0, 0.1) is 0 Å². The molecule has 1 aliphatic heterocycles. The molecule has 3 aromatic rings. The number of aliphatic hydroxyl groups is 1. The Balaban J connectivity index is 1.44. The minimum atomic E-state index is -4.07. The van der Waals surface area contributed by atoms with Crippen molar-refractivity contribution in [1.29, 1.82) is 0 Å². The maximum atomic E-state index is 13.3. The second kappa shape index (κ2) is 14.3. The molecule has 1 amide bonds. The second-order valence-corrected chi connectivity index (χ2v) is 11.4. The molecule has 0 spiro atoms. The Bertz CT molecular complexity index is 1550. The summed E-state index contributed by atoms with van der Waals surface area (Å²) in [5.74, 6) is 2.05. The number of hydrogen-bond donors (Lipinski definition) is 4. The number of hydrogen-bond acceptors (Lipinski definition) is 10. The highest BCUT2D eigenvalue weighted by Crippen LogP contribution is 2.39. The van der Waals surface area contributed by atoms with E-state index in [1.807, 2.05) is 18.2 Å². The molecule has 0 aliphatic carbocycles. The van der Waals surface area contributed by atoms with Gasteiger partial charge < -0.3 is 39.4 Å². The molecule has 0 aromatic heterocycles. The molecule has 1 heterocycles. The van der Waals surface area contributed by atoms with Crippen LogP contribution < -0.4 is 39.0 Å². The molecule has 43 heavy (non-hydrogen) atoms. The van der Waals surface area contributed by atoms with Gasteiger partial charge in [0.05, 0.1) is 39.0 Å². The number of nitrogens with one attached hydrogen (secondary N) is 3. The van der Waals surface area contributed by atoms with Gasteiger partial charge in [-0.25, -0.2) is 8.42 Å². The number of ether oxygens (including phenoxy) is 5. The normalized spacial score (nSPS) is 13.4. The summed E-state index contributed by atoms with van der Waals surface area (Å²) in [6.45, 7) is 0.723. The summed E-state index contributed by atoms with van der Waals surface area (Å²) < 4.78 is 56.4. The Morgan fingerprint density at radius 3 is 2.26 bits per heavy atom. The zero-order valence-electron chi connectivity index (χ0n) is 24.6. The van der Waals surface area contributed by atoms with E-state index in [9.17, 15) is 18.3 Å². The van der Waals surface area contributed by atoms with Crippen LogP contribution in [-0.2, 0) is 27.7 Å². The van der Waals surface area contributed by atoms with Gasteiger partial charge in [-0.05, 0) is 61.3 Å². The molecule has 0 saturated carbocycles. The van der Waals surface area contributed by atoms with Gasteiger partial charge >= 0.3 is 0 Å². The van der Waals surface area contributed by atoms with Crippen molar-refractivity contribution < 1.29 is 42.0 Å². The van der Waals surface area contributed by atoms with Crippen molar-refractivity contribution in [2.24, 2.45) is 0 Å². The molecule has 0 bridgehead atoms. The highest BCUT2D eigenvalue weighted by Gasteiger charge is 2.25. The number of fused-ring (bicyclic) bond motifs is 1. The molecule has 0 radical (unpaired) electrons. The lowest BCUT2D eigenvalue weighted by atomic mass is 10.0. The number of carbonyl (C=O) groups excluding carboxylic acids is 1. The quantitative estimate of drug-likeness (QED) is 0.188. The van der Waals surface area contributed by atoms with Crippen molar-refractivity contribution in [3.63, 3.8) is 0 Å². The number of amides is 1. The van der Waals surface area contributed by atoms with Crippen LogP contribution in [0.4, 0.5) is 11.4 Å². The van der Waals surface area contributed by atoms with Gasteiger partial charge in [-0.1, -0.05) is 6.07 Å².